The van der Waals surface area contributed by atoms with Crippen LogP contribution in [0.5, 0.6) is 5.75 Å². The first kappa shape index (κ1) is 14.7. The van der Waals surface area contributed by atoms with Crippen molar-refractivity contribution in [2.45, 2.75) is 32.3 Å². The molecule has 0 aliphatic carbocycles. The summed E-state index contributed by atoms with van der Waals surface area (Å²) in [5.74, 6) is 0.917. The summed E-state index contributed by atoms with van der Waals surface area (Å²) in [6.07, 6.45) is 1.51. The molecule has 0 fully saturated rings. The predicted molar refractivity (Wildman–Crippen MR) is 78.4 cm³/mol. The van der Waals surface area contributed by atoms with Gasteiger partial charge in [-0.25, -0.2) is 0 Å². The summed E-state index contributed by atoms with van der Waals surface area (Å²) in [6.45, 7) is 1.69. The Balaban J connectivity index is 1.99. The highest BCUT2D eigenvalue weighted by Gasteiger charge is 2.23. The van der Waals surface area contributed by atoms with Crippen molar-refractivity contribution in [3.05, 3.63) is 18.2 Å². The summed E-state index contributed by atoms with van der Waals surface area (Å²) in [5.41, 5.74) is 1.21. The Hall–Kier alpha value is -1.75. The Morgan fingerprint density at radius 2 is 2.25 bits per heavy atom. The first-order chi connectivity index (χ1) is 9.60. The molecule has 0 aromatic heterocycles. The van der Waals surface area contributed by atoms with Crippen LogP contribution in [-0.2, 0) is 9.59 Å². The minimum Gasteiger partial charge on any atom is -0.479 e. The Labute approximate surface area is 122 Å². The number of fused-ring (bicyclic) bond motifs is 1. The lowest BCUT2D eigenvalue weighted by atomic mass is 10.2. The third kappa shape index (κ3) is 3.63. The zero-order valence-electron chi connectivity index (χ0n) is 11.2. The second-order valence-electron chi connectivity index (χ2n) is 4.65. The number of rotatable bonds is 5. The van der Waals surface area contributed by atoms with Gasteiger partial charge in [0.2, 0.25) is 5.91 Å². The average Bonchev–Trinajstić information content (AvgIpc) is 2.41. The second-order valence-corrected chi connectivity index (χ2v) is 5.03. The van der Waals surface area contributed by atoms with E-state index >= 15 is 0 Å². The van der Waals surface area contributed by atoms with E-state index in [1.165, 1.54) is 0 Å². The smallest absolute Gasteiger partial charge is 0.265 e. The Morgan fingerprint density at radius 3 is 3.00 bits per heavy atom. The molecule has 108 valence electrons. The number of alkyl halides is 1. The maximum Gasteiger partial charge on any atom is 0.265 e. The third-order valence-electron chi connectivity index (χ3n) is 2.98. The van der Waals surface area contributed by atoms with Gasteiger partial charge in [0.25, 0.3) is 5.91 Å². The molecule has 2 amide bonds. The van der Waals surface area contributed by atoms with E-state index in [2.05, 4.69) is 10.6 Å². The SMILES string of the molecule is CC1Oc2ccc(NC(=O)CCCCCl)cc2NC1=O. The molecule has 0 spiro atoms. The topological polar surface area (TPSA) is 67.4 Å². The highest BCUT2D eigenvalue weighted by atomic mass is 35.5. The molecule has 6 heteroatoms. The normalized spacial score (nSPS) is 16.9. The number of benzene rings is 1. The average molecular weight is 297 g/mol. The molecule has 1 atom stereocenters. The van der Waals surface area contributed by atoms with Crippen molar-refractivity contribution in [2.24, 2.45) is 0 Å². The molecule has 1 aliphatic heterocycles. The van der Waals surface area contributed by atoms with Gasteiger partial charge in [0, 0.05) is 18.0 Å². The van der Waals surface area contributed by atoms with Gasteiger partial charge in [0.15, 0.2) is 6.10 Å². The van der Waals surface area contributed by atoms with Gasteiger partial charge in [-0.05, 0) is 38.0 Å². The van der Waals surface area contributed by atoms with Gasteiger partial charge in [0.05, 0.1) is 5.69 Å². The molecule has 1 aromatic carbocycles. The molecule has 0 bridgehead atoms. The lowest BCUT2D eigenvalue weighted by Crippen LogP contribution is -2.34. The lowest BCUT2D eigenvalue weighted by Gasteiger charge is -2.23. The number of hydrogen-bond acceptors (Lipinski definition) is 3. The fraction of sp³-hybridized carbons (Fsp3) is 0.429. The van der Waals surface area contributed by atoms with Crippen molar-refractivity contribution in [2.75, 3.05) is 16.5 Å². The van der Waals surface area contributed by atoms with E-state index in [9.17, 15) is 9.59 Å². The second kappa shape index (κ2) is 6.61. The van der Waals surface area contributed by atoms with Gasteiger partial charge in [0.1, 0.15) is 5.75 Å². The number of carbonyl (C=O) groups is 2. The molecule has 5 nitrogen and oxygen atoms in total. The van der Waals surface area contributed by atoms with Gasteiger partial charge in [-0.15, -0.1) is 11.6 Å². The number of amides is 2. The Kier molecular flexibility index (Phi) is 4.84. The highest BCUT2D eigenvalue weighted by molar-refractivity contribution is 6.17. The van der Waals surface area contributed by atoms with E-state index in [4.69, 9.17) is 16.3 Å². The molecule has 20 heavy (non-hydrogen) atoms. The first-order valence-electron chi connectivity index (χ1n) is 6.57. The summed E-state index contributed by atoms with van der Waals surface area (Å²) in [6, 6.07) is 5.18. The standard InChI is InChI=1S/C14H17ClN2O3/c1-9-14(19)17-11-8-10(5-6-12(11)20-9)16-13(18)4-2-3-7-15/h5-6,8-9H,2-4,7H2,1H3,(H,16,18)(H,17,19). The van der Waals surface area contributed by atoms with Gasteiger partial charge in [-0.3, -0.25) is 9.59 Å². The summed E-state index contributed by atoms with van der Waals surface area (Å²) in [7, 11) is 0. The van der Waals surface area contributed by atoms with Crippen molar-refractivity contribution < 1.29 is 14.3 Å². The number of carbonyl (C=O) groups excluding carboxylic acids is 2. The van der Waals surface area contributed by atoms with Gasteiger partial charge in [-0.1, -0.05) is 0 Å². The van der Waals surface area contributed by atoms with E-state index in [0.29, 0.717) is 29.4 Å². The van der Waals surface area contributed by atoms with Crippen LogP contribution in [0.1, 0.15) is 26.2 Å². The molecule has 0 radical (unpaired) electrons. The largest absolute Gasteiger partial charge is 0.479 e. The molecule has 2 N–H and O–H groups in total. The lowest BCUT2D eigenvalue weighted by molar-refractivity contribution is -0.122. The van der Waals surface area contributed by atoms with Crippen molar-refractivity contribution in [1.29, 1.82) is 0 Å². The van der Waals surface area contributed by atoms with Crippen LogP contribution in [0.3, 0.4) is 0 Å². The Morgan fingerprint density at radius 1 is 1.45 bits per heavy atom. The fourth-order valence-electron chi connectivity index (χ4n) is 1.89. The zero-order chi connectivity index (χ0) is 14.5. The third-order valence-corrected chi connectivity index (χ3v) is 3.25. The summed E-state index contributed by atoms with van der Waals surface area (Å²) in [4.78, 5) is 23.2. The number of ether oxygens (including phenoxy) is 1. The van der Waals surface area contributed by atoms with Crippen LogP contribution in [0.15, 0.2) is 18.2 Å². The number of halogens is 1. The molecule has 0 saturated heterocycles. The number of unbranched alkanes of at least 4 members (excludes halogenated alkanes) is 1. The van der Waals surface area contributed by atoms with E-state index in [1.54, 1.807) is 25.1 Å². The molecule has 1 aliphatic rings. The molecular formula is C14H17ClN2O3. The van der Waals surface area contributed by atoms with Crippen LogP contribution in [0.4, 0.5) is 11.4 Å². The molecular weight excluding hydrogens is 280 g/mol. The van der Waals surface area contributed by atoms with Crippen LogP contribution in [0.2, 0.25) is 0 Å². The first-order valence-corrected chi connectivity index (χ1v) is 7.11. The number of anilines is 2. The minimum atomic E-state index is -0.501. The maximum absolute atomic E-state index is 11.7. The monoisotopic (exact) mass is 296 g/mol. The molecule has 0 saturated carbocycles. The van der Waals surface area contributed by atoms with E-state index in [1.807, 2.05) is 0 Å². The van der Waals surface area contributed by atoms with Crippen LogP contribution >= 0.6 is 11.6 Å². The molecule has 1 unspecified atom stereocenters. The van der Waals surface area contributed by atoms with Gasteiger partial charge in [-0.2, -0.15) is 0 Å². The van der Waals surface area contributed by atoms with E-state index in [-0.39, 0.29) is 11.8 Å². The molecule has 1 aromatic rings. The highest BCUT2D eigenvalue weighted by Crippen LogP contribution is 2.32. The van der Waals surface area contributed by atoms with Crippen molar-refractivity contribution in [3.8, 4) is 5.75 Å². The van der Waals surface area contributed by atoms with Crippen molar-refractivity contribution in [1.82, 2.24) is 0 Å². The van der Waals surface area contributed by atoms with E-state index < -0.39 is 6.10 Å². The van der Waals surface area contributed by atoms with Crippen molar-refractivity contribution in [3.63, 3.8) is 0 Å². The molecule has 2 rings (SSSR count). The van der Waals surface area contributed by atoms with Crippen molar-refractivity contribution >= 4 is 34.8 Å². The maximum atomic E-state index is 11.7. The summed E-state index contributed by atoms with van der Waals surface area (Å²) < 4.78 is 5.44. The molecule has 1 heterocycles. The van der Waals surface area contributed by atoms with Gasteiger partial charge >= 0.3 is 0 Å². The summed E-state index contributed by atoms with van der Waals surface area (Å²) >= 11 is 5.56. The van der Waals surface area contributed by atoms with Crippen LogP contribution < -0.4 is 15.4 Å². The van der Waals surface area contributed by atoms with Crippen LogP contribution in [0, 0.1) is 0 Å². The quantitative estimate of drug-likeness (QED) is 0.648. The Bertz CT molecular complexity index is 519. The van der Waals surface area contributed by atoms with Crippen LogP contribution in [0.25, 0.3) is 0 Å². The fourth-order valence-corrected chi connectivity index (χ4v) is 2.08. The summed E-state index contributed by atoms with van der Waals surface area (Å²) in [5, 5.41) is 5.53. The zero-order valence-corrected chi connectivity index (χ0v) is 12.0. The predicted octanol–water partition coefficient (Wildman–Crippen LogP) is 2.75. The minimum absolute atomic E-state index is 0.0634. The number of nitrogens with one attached hydrogen (secondary N) is 2. The van der Waals surface area contributed by atoms with Gasteiger partial charge < -0.3 is 15.4 Å². The van der Waals surface area contributed by atoms with E-state index in [0.717, 1.165) is 12.8 Å². The van der Waals surface area contributed by atoms with Crippen LogP contribution in [-0.4, -0.2) is 23.8 Å². The number of hydrogen-bond donors (Lipinski definition) is 2.